The first kappa shape index (κ1) is 16.4. The molecule has 1 rings (SSSR count). The Kier molecular flexibility index (Phi) is 5.47. The van der Waals surface area contributed by atoms with Gasteiger partial charge in [0, 0.05) is 36.8 Å². The lowest BCUT2D eigenvalue weighted by molar-refractivity contribution is -0.384. The highest BCUT2D eigenvalue weighted by atomic mass is 35.5. The molecule has 6 nitrogen and oxygen atoms in total. The van der Waals surface area contributed by atoms with Crippen molar-refractivity contribution in [2.45, 2.75) is 26.4 Å². The summed E-state index contributed by atoms with van der Waals surface area (Å²) in [6.45, 7) is 3.71. The van der Waals surface area contributed by atoms with Crippen LogP contribution >= 0.6 is 11.6 Å². The molecule has 0 radical (unpaired) electrons. The number of nitrogens with zero attached hydrogens (tertiary/aromatic N) is 2. The van der Waals surface area contributed by atoms with E-state index in [4.69, 9.17) is 17.3 Å². The lowest BCUT2D eigenvalue weighted by Crippen LogP contribution is -2.39. The maximum absolute atomic E-state index is 12.1. The number of nitro benzene ring substituents is 1. The van der Waals surface area contributed by atoms with Gasteiger partial charge in [-0.2, -0.15) is 0 Å². The van der Waals surface area contributed by atoms with Crippen LogP contribution in [-0.4, -0.2) is 28.8 Å². The number of nitrogens with two attached hydrogens (primary N) is 1. The van der Waals surface area contributed by atoms with Crippen LogP contribution < -0.4 is 5.73 Å². The minimum atomic E-state index is -0.494. The van der Waals surface area contributed by atoms with E-state index in [0.717, 1.165) is 0 Å². The molecule has 1 aromatic rings. The predicted octanol–water partition coefficient (Wildman–Crippen LogP) is 2.19. The summed E-state index contributed by atoms with van der Waals surface area (Å²) in [5.41, 5.74) is 6.18. The molecule has 0 aromatic heterocycles. The molecule has 2 N–H and O–H groups in total. The summed E-state index contributed by atoms with van der Waals surface area (Å²) in [4.78, 5) is 23.8. The van der Waals surface area contributed by atoms with Gasteiger partial charge in [0.1, 0.15) is 0 Å². The molecular weight excluding hydrogens is 282 g/mol. The molecule has 7 heteroatoms. The quantitative estimate of drug-likeness (QED) is 0.666. The van der Waals surface area contributed by atoms with E-state index in [1.54, 1.807) is 20.9 Å². The highest BCUT2D eigenvalue weighted by Gasteiger charge is 2.22. The monoisotopic (exact) mass is 299 g/mol. The van der Waals surface area contributed by atoms with Gasteiger partial charge in [0.05, 0.1) is 10.8 Å². The lowest BCUT2D eigenvalue weighted by atomic mass is 10.0. The molecule has 0 fully saturated rings. The van der Waals surface area contributed by atoms with Crippen LogP contribution in [0.2, 0.25) is 5.02 Å². The number of hydrogen-bond acceptors (Lipinski definition) is 4. The van der Waals surface area contributed by atoms with E-state index in [0.29, 0.717) is 10.6 Å². The van der Waals surface area contributed by atoms with E-state index >= 15 is 0 Å². The number of halogens is 1. The molecule has 110 valence electrons. The molecular formula is C13H18ClN3O3. The van der Waals surface area contributed by atoms with E-state index in [1.165, 1.54) is 23.1 Å². The van der Waals surface area contributed by atoms with E-state index in [9.17, 15) is 14.9 Å². The van der Waals surface area contributed by atoms with Crippen LogP contribution in [0.25, 0.3) is 0 Å². The second-order valence-corrected chi connectivity index (χ2v) is 5.28. The number of rotatable bonds is 5. The number of carbonyl (C=O) groups excluding carboxylic acids is 1. The van der Waals surface area contributed by atoms with E-state index in [-0.39, 0.29) is 30.1 Å². The number of non-ortho nitro benzene ring substituents is 1. The van der Waals surface area contributed by atoms with Gasteiger partial charge in [0.25, 0.3) is 5.69 Å². The second kappa shape index (κ2) is 6.67. The van der Waals surface area contributed by atoms with Crippen molar-refractivity contribution in [1.29, 1.82) is 0 Å². The van der Waals surface area contributed by atoms with Crippen LogP contribution in [0.5, 0.6) is 0 Å². The first-order valence-electron chi connectivity index (χ1n) is 6.17. The SMILES string of the molecule is CC(N)C(C)C(=O)N(C)Cc1cc([N+](=O)[O-])ccc1Cl. The number of benzene rings is 1. The normalized spacial score (nSPS) is 13.7. The predicted molar refractivity (Wildman–Crippen MR) is 77.4 cm³/mol. The van der Waals surface area contributed by atoms with Gasteiger partial charge in [-0.1, -0.05) is 18.5 Å². The molecule has 0 saturated carbocycles. The summed E-state index contributed by atoms with van der Waals surface area (Å²) in [5, 5.41) is 11.1. The van der Waals surface area contributed by atoms with Crippen LogP contribution in [0.15, 0.2) is 18.2 Å². The van der Waals surface area contributed by atoms with Gasteiger partial charge in [0.2, 0.25) is 5.91 Å². The Bertz CT molecular complexity index is 520. The zero-order valence-electron chi connectivity index (χ0n) is 11.7. The highest BCUT2D eigenvalue weighted by Crippen LogP contribution is 2.23. The smallest absolute Gasteiger partial charge is 0.269 e. The zero-order valence-corrected chi connectivity index (χ0v) is 12.4. The van der Waals surface area contributed by atoms with Crippen LogP contribution in [0, 0.1) is 16.0 Å². The maximum atomic E-state index is 12.1. The van der Waals surface area contributed by atoms with E-state index < -0.39 is 4.92 Å². The maximum Gasteiger partial charge on any atom is 0.269 e. The largest absolute Gasteiger partial charge is 0.341 e. The Morgan fingerprint density at radius 1 is 1.50 bits per heavy atom. The Hall–Kier alpha value is -1.66. The fourth-order valence-electron chi connectivity index (χ4n) is 1.70. The van der Waals surface area contributed by atoms with E-state index in [1.807, 2.05) is 0 Å². The Morgan fingerprint density at radius 2 is 2.10 bits per heavy atom. The molecule has 0 heterocycles. The molecule has 0 spiro atoms. The molecule has 1 amide bonds. The van der Waals surface area contributed by atoms with Crippen molar-refractivity contribution < 1.29 is 9.72 Å². The third-order valence-corrected chi connectivity index (χ3v) is 3.57. The van der Waals surface area contributed by atoms with Crippen molar-refractivity contribution in [2.24, 2.45) is 11.7 Å². The van der Waals surface area contributed by atoms with Crippen molar-refractivity contribution >= 4 is 23.2 Å². The molecule has 0 saturated heterocycles. The van der Waals surface area contributed by atoms with Crippen LogP contribution in [0.4, 0.5) is 5.69 Å². The zero-order chi connectivity index (χ0) is 15.4. The summed E-state index contributed by atoms with van der Waals surface area (Å²) in [7, 11) is 1.62. The van der Waals surface area contributed by atoms with Gasteiger partial charge in [-0.05, 0) is 18.6 Å². The van der Waals surface area contributed by atoms with Crippen molar-refractivity contribution in [2.75, 3.05) is 7.05 Å². The molecule has 2 unspecified atom stereocenters. The third-order valence-electron chi connectivity index (χ3n) is 3.20. The summed E-state index contributed by atoms with van der Waals surface area (Å²) in [6, 6.07) is 3.91. The van der Waals surface area contributed by atoms with Crippen LogP contribution in [-0.2, 0) is 11.3 Å². The molecule has 20 heavy (non-hydrogen) atoms. The molecule has 0 aliphatic rings. The fraction of sp³-hybridized carbons (Fsp3) is 0.462. The first-order valence-corrected chi connectivity index (χ1v) is 6.55. The minimum Gasteiger partial charge on any atom is -0.341 e. The van der Waals surface area contributed by atoms with Gasteiger partial charge < -0.3 is 10.6 Å². The highest BCUT2D eigenvalue weighted by molar-refractivity contribution is 6.31. The Labute approximate surface area is 122 Å². The molecule has 1 aromatic carbocycles. The Morgan fingerprint density at radius 3 is 2.60 bits per heavy atom. The molecule has 0 aliphatic heterocycles. The summed E-state index contributed by atoms with van der Waals surface area (Å²) in [5.74, 6) is -0.444. The number of hydrogen-bond donors (Lipinski definition) is 1. The van der Waals surface area contributed by atoms with Gasteiger partial charge in [-0.15, -0.1) is 0 Å². The van der Waals surface area contributed by atoms with Gasteiger partial charge in [0.15, 0.2) is 0 Å². The first-order chi connectivity index (χ1) is 9.23. The standard InChI is InChI=1S/C13H18ClN3O3/c1-8(9(2)15)13(18)16(3)7-10-6-11(17(19)20)4-5-12(10)14/h4-6,8-9H,7,15H2,1-3H3. The topological polar surface area (TPSA) is 89.5 Å². The average molecular weight is 300 g/mol. The molecule has 0 aliphatic carbocycles. The van der Waals surface area contributed by atoms with Crippen molar-refractivity contribution in [3.05, 3.63) is 38.9 Å². The van der Waals surface area contributed by atoms with Crippen LogP contribution in [0.1, 0.15) is 19.4 Å². The van der Waals surface area contributed by atoms with Crippen molar-refractivity contribution in [3.8, 4) is 0 Å². The van der Waals surface area contributed by atoms with Gasteiger partial charge in [-0.3, -0.25) is 14.9 Å². The number of amides is 1. The number of carbonyl (C=O) groups is 1. The van der Waals surface area contributed by atoms with E-state index in [2.05, 4.69) is 0 Å². The summed E-state index contributed by atoms with van der Waals surface area (Å²) in [6.07, 6.45) is 0. The van der Waals surface area contributed by atoms with Crippen molar-refractivity contribution in [3.63, 3.8) is 0 Å². The number of nitro groups is 1. The Balaban J connectivity index is 2.90. The average Bonchev–Trinajstić information content (AvgIpc) is 2.38. The van der Waals surface area contributed by atoms with Crippen LogP contribution in [0.3, 0.4) is 0 Å². The molecule has 0 bridgehead atoms. The summed E-state index contributed by atoms with van der Waals surface area (Å²) < 4.78 is 0. The van der Waals surface area contributed by atoms with Gasteiger partial charge in [-0.25, -0.2) is 0 Å². The third kappa shape index (κ3) is 3.91. The lowest BCUT2D eigenvalue weighted by Gasteiger charge is -2.23. The summed E-state index contributed by atoms with van der Waals surface area (Å²) >= 11 is 6.01. The minimum absolute atomic E-state index is 0.0505. The van der Waals surface area contributed by atoms with Gasteiger partial charge >= 0.3 is 0 Å². The second-order valence-electron chi connectivity index (χ2n) is 4.87. The molecule has 2 atom stereocenters. The van der Waals surface area contributed by atoms with Crippen molar-refractivity contribution in [1.82, 2.24) is 4.90 Å². The fourth-order valence-corrected chi connectivity index (χ4v) is 1.88.